The molecule has 18 heavy (non-hydrogen) atoms. The van der Waals surface area contributed by atoms with Crippen LogP contribution in [0.2, 0.25) is 0 Å². The molecule has 1 N–H and O–H groups in total. The molecule has 0 radical (unpaired) electrons. The van der Waals surface area contributed by atoms with Crippen LogP contribution in [0.5, 0.6) is 0 Å². The fraction of sp³-hybridized carbons (Fsp3) is 0.400. The molecule has 0 spiro atoms. The Morgan fingerprint density at radius 2 is 2.17 bits per heavy atom. The van der Waals surface area contributed by atoms with Crippen molar-refractivity contribution >= 4 is 5.97 Å². The van der Waals surface area contributed by atoms with Gasteiger partial charge in [0.25, 0.3) is 0 Å². The van der Waals surface area contributed by atoms with Gasteiger partial charge in [0.15, 0.2) is 0 Å². The van der Waals surface area contributed by atoms with E-state index in [1.165, 1.54) is 0 Å². The third-order valence-electron chi connectivity index (χ3n) is 2.38. The molecule has 0 unspecified atom stereocenters. The molecule has 0 saturated carbocycles. The molecule has 3 nitrogen and oxygen atoms in total. The summed E-state index contributed by atoms with van der Waals surface area (Å²) in [6.45, 7) is 2.33. The molecular formula is C15H18O3. The summed E-state index contributed by atoms with van der Waals surface area (Å²) in [5, 5.41) is 8.83. The highest BCUT2D eigenvalue weighted by atomic mass is 16.5. The minimum Gasteiger partial charge on any atom is -0.465 e. The van der Waals surface area contributed by atoms with Gasteiger partial charge in [0, 0.05) is 12.2 Å². The topological polar surface area (TPSA) is 46.5 Å². The number of rotatable bonds is 5. The number of ether oxygens (including phenoxy) is 1. The lowest BCUT2D eigenvalue weighted by atomic mass is 10.0. The summed E-state index contributed by atoms with van der Waals surface area (Å²) in [5.41, 5.74) is 2.01. The second kappa shape index (κ2) is 8.32. The summed E-state index contributed by atoms with van der Waals surface area (Å²) in [5.74, 6) is 5.50. The maximum Gasteiger partial charge on any atom is 0.317 e. The van der Waals surface area contributed by atoms with Gasteiger partial charge in [0.1, 0.15) is 6.42 Å². The third-order valence-corrected chi connectivity index (χ3v) is 2.38. The quantitative estimate of drug-likeness (QED) is 0.637. The highest BCUT2D eigenvalue weighted by Gasteiger charge is 1.99. The SMILES string of the molecule is CCOC(=O)CC#Cc1ccccc1CCCO. The first-order valence-corrected chi connectivity index (χ1v) is 6.11. The second-order valence-corrected chi connectivity index (χ2v) is 3.77. The van der Waals surface area contributed by atoms with Gasteiger partial charge in [-0.3, -0.25) is 4.79 Å². The van der Waals surface area contributed by atoms with Crippen LogP contribution in [0.4, 0.5) is 0 Å². The van der Waals surface area contributed by atoms with Crippen molar-refractivity contribution in [2.75, 3.05) is 13.2 Å². The molecule has 1 aromatic carbocycles. The van der Waals surface area contributed by atoms with Gasteiger partial charge in [-0.1, -0.05) is 30.0 Å². The number of aliphatic hydroxyl groups excluding tert-OH is 1. The minimum absolute atomic E-state index is 0.113. The van der Waals surface area contributed by atoms with Crippen LogP contribution in [0.15, 0.2) is 24.3 Å². The number of esters is 1. The largest absolute Gasteiger partial charge is 0.465 e. The number of carbonyl (C=O) groups excluding carboxylic acids is 1. The summed E-state index contributed by atoms with van der Waals surface area (Å²) in [4.78, 5) is 11.1. The van der Waals surface area contributed by atoms with Crippen LogP contribution in [0.25, 0.3) is 0 Å². The molecule has 0 aliphatic rings. The van der Waals surface area contributed by atoms with Crippen LogP contribution in [0.3, 0.4) is 0 Å². The van der Waals surface area contributed by atoms with Crippen molar-refractivity contribution in [3.8, 4) is 11.8 Å². The Balaban J connectivity index is 2.66. The monoisotopic (exact) mass is 246 g/mol. The molecule has 0 aliphatic heterocycles. The van der Waals surface area contributed by atoms with Gasteiger partial charge in [-0.05, 0) is 31.4 Å². The van der Waals surface area contributed by atoms with Crippen LogP contribution in [0, 0.1) is 11.8 Å². The summed E-state index contributed by atoms with van der Waals surface area (Å²) in [7, 11) is 0. The van der Waals surface area contributed by atoms with Crippen LogP contribution in [0.1, 0.15) is 30.9 Å². The van der Waals surface area contributed by atoms with E-state index in [2.05, 4.69) is 11.8 Å². The predicted octanol–water partition coefficient (Wildman–Crippen LogP) is 1.92. The molecule has 0 aliphatic carbocycles. The predicted molar refractivity (Wildman–Crippen MR) is 70.0 cm³/mol. The first-order chi connectivity index (χ1) is 8.77. The Labute approximate surface area is 108 Å². The lowest BCUT2D eigenvalue weighted by molar-refractivity contribution is -0.141. The molecule has 0 atom stereocenters. The fourth-order valence-electron chi connectivity index (χ4n) is 1.55. The molecule has 0 bridgehead atoms. The number of aryl methyl sites for hydroxylation is 1. The summed E-state index contributed by atoms with van der Waals surface area (Å²) in [6.07, 6.45) is 1.62. The van der Waals surface area contributed by atoms with Crippen molar-refractivity contribution in [1.82, 2.24) is 0 Å². The number of hydrogen-bond acceptors (Lipinski definition) is 3. The second-order valence-electron chi connectivity index (χ2n) is 3.77. The van der Waals surface area contributed by atoms with Crippen molar-refractivity contribution in [2.45, 2.75) is 26.2 Å². The van der Waals surface area contributed by atoms with Gasteiger partial charge < -0.3 is 9.84 Å². The van der Waals surface area contributed by atoms with Crippen molar-refractivity contribution in [3.63, 3.8) is 0 Å². The van der Waals surface area contributed by atoms with Gasteiger partial charge in [-0.2, -0.15) is 0 Å². The van der Waals surface area contributed by atoms with E-state index in [0.717, 1.165) is 24.0 Å². The zero-order chi connectivity index (χ0) is 13.2. The van der Waals surface area contributed by atoms with Crippen LogP contribution < -0.4 is 0 Å². The zero-order valence-electron chi connectivity index (χ0n) is 10.6. The van der Waals surface area contributed by atoms with Gasteiger partial charge in [0.05, 0.1) is 6.61 Å². The van der Waals surface area contributed by atoms with E-state index in [4.69, 9.17) is 9.84 Å². The molecule has 0 aromatic heterocycles. The number of hydrogen-bond donors (Lipinski definition) is 1. The van der Waals surface area contributed by atoms with E-state index in [1.807, 2.05) is 24.3 Å². The molecule has 1 aromatic rings. The lowest BCUT2D eigenvalue weighted by Gasteiger charge is -2.02. The van der Waals surface area contributed by atoms with Crippen molar-refractivity contribution in [2.24, 2.45) is 0 Å². The molecule has 0 saturated heterocycles. The van der Waals surface area contributed by atoms with Crippen LogP contribution in [-0.4, -0.2) is 24.3 Å². The zero-order valence-corrected chi connectivity index (χ0v) is 10.6. The Hall–Kier alpha value is -1.79. The van der Waals surface area contributed by atoms with E-state index in [0.29, 0.717) is 6.61 Å². The maximum absolute atomic E-state index is 11.1. The standard InChI is InChI=1S/C15H18O3/c1-2-18-15(17)11-5-9-13-7-3-4-8-14(13)10-6-12-16/h3-4,7-8,16H,2,6,10-12H2,1H3. The average Bonchev–Trinajstić information content (AvgIpc) is 2.38. The van der Waals surface area contributed by atoms with Gasteiger partial charge in [0.2, 0.25) is 0 Å². The number of aliphatic hydroxyl groups is 1. The minimum atomic E-state index is -0.294. The van der Waals surface area contributed by atoms with E-state index in [1.54, 1.807) is 6.92 Å². The van der Waals surface area contributed by atoms with E-state index < -0.39 is 0 Å². The van der Waals surface area contributed by atoms with Crippen LogP contribution >= 0.6 is 0 Å². The average molecular weight is 246 g/mol. The molecule has 1 rings (SSSR count). The van der Waals surface area contributed by atoms with Gasteiger partial charge in [-0.25, -0.2) is 0 Å². The Bertz CT molecular complexity index is 441. The van der Waals surface area contributed by atoms with E-state index in [-0.39, 0.29) is 19.0 Å². The molecule has 0 heterocycles. The maximum atomic E-state index is 11.1. The Kier molecular flexibility index (Phi) is 6.60. The molecule has 0 fully saturated rings. The van der Waals surface area contributed by atoms with E-state index >= 15 is 0 Å². The summed E-state index contributed by atoms with van der Waals surface area (Å²) >= 11 is 0. The van der Waals surface area contributed by atoms with Gasteiger partial charge in [-0.15, -0.1) is 0 Å². The first kappa shape index (κ1) is 14.3. The Morgan fingerprint density at radius 3 is 2.89 bits per heavy atom. The van der Waals surface area contributed by atoms with Crippen molar-refractivity contribution in [1.29, 1.82) is 0 Å². The third kappa shape index (κ3) is 5.03. The smallest absolute Gasteiger partial charge is 0.317 e. The van der Waals surface area contributed by atoms with E-state index in [9.17, 15) is 4.79 Å². The summed E-state index contributed by atoms with van der Waals surface area (Å²) in [6, 6.07) is 7.77. The molecular weight excluding hydrogens is 228 g/mol. The molecule has 96 valence electrons. The molecule has 3 heteroatoms. The van der Waals surface area contributed by atoms with Crippen molar-refractivity contribution in [3.05, 3.63) is 35.4 Å². The summed E-state index contributed by atoms with van der Waals surface area (Å²) < 4.78 is 4.80. The number of carbonyl (C=O) groups is 1. The van der Waals surface area contributed by atoms with Crippen molar-refractivity contribution < 1.29 is 14.6 Å². The Morgan fingerprint density at radius 1 is 1.39 bits per heavy atom. The number of benzene rings is 1. The fourth-order valence-corrected chi connectivity index (χ4v) is 1.55. The lowest BCUT2D eigenvalue weighted by Crippen LogP contribution is -2.01. The van der Waals surface area contributed by atoms with Crippen LogP contribution in [-0.2, 0) is 16.0 Å². The molecule has 0 amide bonds. The highest BCUT2D eigenvalue weighted by molar-refractivity contribution is 5.72. The first-order valence-electron chi connectivity index (χ1n) is 6.11. The van der Waals surface area contributed by atoms with Gasteiger partial charge >= 0.3 is 5.97 Å². The normalized spacial score (nSPS) is 9.44. The highest BCUT2D eigenvalue weighted by Crippen LogP contribution is 2.09.